The molecule has 2 atom stereocenters. The molecule has 0 saturated carbocycles. The summed E-state index contributed by atoms with van der Waals surface area (Å²) in [5.74, 6) is 0.0559. The number of hydrogen-bond acceptors (Lipinski definition) is 4. The number of halogens is 1. The van der Waals surface area contributed by atoms with Crippen molar-refractivity contribution in [1.82, 2.24) is 0 Å². The molecule has 100 valence electrons. The second kappa shape index (κ2) is 5.57. The first-order valence-electron chi connectivity index (χ1n) is 5.81. The number of benzene rings is 1. The fraction of sp³-hybridized carbons (Fsp3) is 0.500. The van der Waals surface area contributed by atoms with E-state index in [0.717, 1.165) is 6.42 Å². The van der Waals surface area contributed by atoms with Crippen LogP contribution in [0.25, 0.3) is 0 Å². The molecule has 1 fully saturated rings. The van der Waals surface area contributed by atoms with Gasteiger partial charge in [-0.2, -0.15) is 0 Å². The van der Waals surface area contributed by atoms with Crippen LogP contribution in [0, 0.1) is 5.92 Å². The largest absolute Gasteiger partial charge is 0.381 e. The van der Waals surface area contributed by atoms with Gasteiger partial charge in [0.1, 0.15) is 0 Å². The Kier molecular flexibility index (Phi) is 4.27. The average molecular weight is 290 g/mol. The van der Waals surface area contributed by atoms with E-state index < -0.39 is 15.9 Å². The molecule has 4 nitrogen and oxygen atoms in total. The van der Waals surface area contributed by atoms with Crippen molar-refractivity contribution < 1.29 is 13.2 Å². The zero-order chi connectivity index (χ0) is 13.2. The molecule has 2 N–H and O–H groups in total. The number of rotatable bonds is 4. The maximum atomic E-state index is 12.2. The summed E-state index contributed by atoms with van der Waals surface area (Å²) >= 11 is 5.80. The SMILES string of the molecule is NC(CS(=O)(=O)c1cccc(Cl)c1)C1CCOC1. The van der Waals surface area contributed by atoms with Crippen molar-refractivity contribution >= 4 is 21.4 Å². The van der Waals surface area contributed by atoms with Crippen molar-refractivity contribution in [2.24, 2.45) is 11.7 Å². The Morgan fingerprint density at radius 1 is 1.50 bits per heavy atom. The summed E-state index contributed by atoms with van der Waals surface area (Å²) < 4.78 is 29.6. The van der Waals surface area contributed by atoms with Gasteiger partial charge in [-0.25, -0.2) is 8.42 Å². The first-order chi connectivity index (χ1) is 8.49. The van der Waals surface area contributed by atoms with Gasteiger partial charge in [0.2, 0.25) is 0 Å². The highest BCUT2D eigenvalue weighted by Crippen LogP contribution is 2.21. The summed E-state index contributed by atoms with van der Waals surface area (Å²) in [5, 5.41) is 0.411. The molecule has 1 saturated heterocycles. The van der Waals surface area contributed by atoms with Crippen LogP contribution in [0.1, 0.15) is 6.42 Å². The fourth-order valence-electron chi connectivity index (χ4n) is 2.04. The van der Waals surface area contributed by atoms with Crippen LogP contribution in [0.15, 0.2) is 29.2 Å². The molecule has 1 aliphatic rings. The second-order valence-electron chi connectivity index (χ2n) is 4.53. The Labute approximate surface area is 112 Å². The van der Waals surface area contributed by atoms with Gasteiger partial charge in [-0.3, -0.25) is 0 Å². The van der Waals surface area contributed by atoms with Gasteiger partial charge in [0.05, 0.1) is 17.3 Å². The van der Waals surface area contributed by atoms with Crippen molar-refractivity contribution in [2.75, 3.05) is 19.0 Å². The smallest absolute Gasteiger partial charge is 0.179 e. The number of sulfone groups is 1. The van der Waals surface area contributed by atoms with Crippen molar-refractivity contribution in [3.63, 3.8) is 0 Å². The van der Waals surface area contributed by atoms with E-state index in [-0.39, 0.29) is 16.6 Å². The molecule has 0 bridgehead atoms. The van der Waals surface area contributed by atoms with Crippen LogP contribution in [0.3, 0.4) is 0 Å². The van der Waals surface area contributed by atoms with Crippen molar-refractivity contribution in [3.05, 3.63) is 29.3 Å². The molecule has 0 spiro atoms. The maximum absolute atomic E-state index is 12.2. The average Bonchev–Trinajstić information content (AvgIpc) is 2.82. The third kappa shape index (κ3) is 3.23. The first kappa shape index (κ1) is 13.8. The minimum atomic E-state index is -3.38. The van der Waals surface area contributed by atoms with Crippen molar-refractivity contribution in [3.8, 4) is 0 Å². The molecule has 0 aliphatic carbocycles. The Morgan fingerprint density at radius 3 is 2.89 bits per heavy atom. The first-order valence-corrected chi connectivity index (χ1v) is 7.84. The molecule has 1 aromatic carbocycles. The number of nitrogens with two attached hydrogens (primary N) is 1. The predicted molar refractivity (Wildman–Crippen MR) is 70.4 cm³/mol. The van der Waals surface area contributed by atoms with E-state index in [1.54, 1.807) is 18.2 Å². The second-order valence-corrected chi connectivity index (χ2v) is 7.00. The molecular formula is C12H16ClNO3S. The monoisotopic (exact) mass is 289 g/mol. The minimum absolute atomic E-state index is 0.0681. The Hall–Kier alpha value is -0.620. The van der Waals surface area contributed by atoms with E-state index in [4.69, 9.17) is 22.1 Å². The Morgan fingerprint density at radius 2 is 2.28 bits per heavy atom. The normalized spacial score (nSPS) is 22.0. The molecular weight excluding hydrogens is 274 g/mol. The third-order valence-corrected chi connectivity index (χ3v) is 5.17. The Bertz CT molecular complexity index is 512. The summed E-state index contributed by atoms with van der Waals surface area (Å²) in [6, 6.07) is 5.87. The standard InChI is InChI=1S/C12H16ClNO3S/c13-10-2-1-3-11(6-10)18(15,16)8-12(14)9-4-5-17-7-9/h1-3,6,9,12H,4-5,7-8,14H2. The lowest BCUT2D eigenvalue weighted by Gasteiger charge is -2.17. The zero-order valence-corrected chi connectivity index (χ0v) is 11.5. The molecule has 0 radical (unpaired) electrons. The van der Waals surface area contributed by atoms with E-state index >= 15 is 0 Å². The van der Waals surface area contributed by atoms with E-state index in [9.17, 15) is 8.42 Å². The van der Waals surface area contributed by atoms with Crippen LogP contribution >= 0.6 is 11.6 Å². The lowest BCUT2D eigenvalue weighted by Crippen LogP contribution is -2.37. The van der Waals surface area contributed by atoms with E-state index in [0.29, 0.717) is 18.2 Å². The molecule has 1 heterocycles. The zero-order valence-electron chi connectivity index (χ0n) is 9.88. The van der Waals surface area contributed by atoms with Crippen molar-refractivity contribution in [1.29, 1.82) is 0 Å². The summed E-state index contributed by atoms with van der Waals surface area (Å²) in [5.41, 5.74) is 5.95. The molecule has 18 heavy (non-hydrogen) atoms. The maximum Gasteiger partial charge on any atom is 0.179 e. The molecule has 2 rings (SSSR count). The Balaban J connectivity index is 2.11. The van der Waals surface area contributed by atoms with E-state index in [1.165, 1.54) is 6.07 Å². The van der Waals surface area contributed by atoms with Gasteiger partial charge >= 0.3 is 0 Å². The third-order valence-electron chi connectivity index (χ3n) is 3.14. The van der Waals surface area contributed by atoms with Gasteiger partial charge < -0.3 is 10.5 Å². The van der Waals surface area contributed by atoms with Crippen molar-refractivity contribution in [2.45, 2.75) is 17.4 Å². The van der Waals surface area contributed by atoms with Crippen LogP contribution in [-0.2, 0) is 14.6 Å². The lowest BCUT2D eigenvalue weighted by atomic mass is 10.0. The van der Waals surface area contributed by atoms with Gasteiger partial charge in [0, 0.05) is 23.6 Å². The molecule has 1 aliphatic heterocycles. The van der Waals surface area contributed by atoms with E-state index in [2.05, 4.69) is 0 Å². The van der Waals surface area contributed by atoms with Crippen LogP contribution in [0.4, 0.5) is 0 Å². The van der Waals surface area contributed by atoms with Gasteiger partial charge in [-0.15, -0.1) is 0 Å². The molecule has 0 amide bonds. The molecule has 0 aromatic heterocycles. The van der Waals surface area contributed by atoms with Crippen LogP contribution < -0.4 is 5.73 Å². The summed E-state index contributed by atoms with van der Waals surface area (Å²) in [6.45, 7) is 1.21. The summed E-state index contributed by atoms with van der Waals surface area (Å²) in [6.07, 6.45) is 0.826. The fourth-order valence-corrected chi connectivity index (χ4v) is 3.86. The predicted octanol–water partition coefficient (Wildman–Crippen LogP) is 1.48. The number of hydrogen-bond donors (Lipinski definition) is 1. The van der Waals surface area contributed by atoms with Gasteiger partial charge in [-0.05, 0) is 24.6 Å². The molecule has 1 aromatic rings. The lowest BCUT2D eigenvalue weighted by molar-refractivity contribution is 0.182. The number of ether oxygens (including phenoxy) is 1. The van der Waals surface area contributed by atoms with Gasteiger partial charge in [0.15, 0.2) is 9.84 Å². The highest BCUT2D eigenvalue weighted by Gasteiger charge is 2.28. The van der Waals surface area contributed by atoms with E-state index in [1.807, 2.05) is 0 Å². The summed E-state index contributed by atoms with van der Waals surface area (Å²) in [4.78, 5) is 0.226. The minimum Gasteiger partial charge on any atom is -0.381 e. The van der Waals surface area contributed by atoms with Crippen LogP contribution in [0.5, 0.6) is 0 Å². The highest BCUT2D eigenvalue weighted by atomic mass is 35.5. The summed E-state index contributed by atoms with van der Waals surface area (Å²) in [7, 11) is -3.38. The topological polar surface area (TPSA) is 69.4 Å². The van der Waals surface area contributed by atoms with Gasteiger partial charge in [-0.1, -0.05) is 17.7 Å². The van der Waals surface area contributed by atoms with Gasteiger partial charge in [0.25, 0.3) is 0 Å². The van der Waals surface area contributed by atoms with Crippen LogP contribution in [-0.4, -0.2) is 33.4 Å². The molecule has 2 unspecified atom stereocenters. The van der Waals surface area contributed by atoms with Crippen LogP contribution in [0.2, 0.25) is 5.02 Å². The molecule has 6 heteroatoms. The quantitative estimate of drug-likeness (QED) is 0.911. The highest BCUT2D eigenvalue weighted by molar-refractivity contribution is 7.91.